The van der Waals surface area contributed by atoms with Gasteiger partial charge in [0.25, 0.3) is 0 Å². The van der Waals surface area contributed by atoms with Crippen LogP contribution < -0.4 is 36.6 Å². The standard InChI is InChI=1S/C74H64O14P2/c75-73(81-51-25-3-1-4-26-51)59-47-49-23-7-9-29-53(49)69(71(59)87-89(83-65-35-15-11-31-55(65)61-39-19-43-77-61)84-66-36-16-12-32-56(66)62-40-20-44-78-62)70-54-30-10-8-24-50(54)48-60(74(76)82-52-27-5-2-6-28-52)72(70)88-90(85-67-37-17-13-33-57(67)63-41-21-45-79-63)86-68-38-18-14-34-58(68)64-42-22-46-80-64/h1-18,23-38,47-48,61-64H,19-22,39-46H2. The second kappa shape index (κ2) is 27.5. The number of esters is 2. The summed E-state index contributed by atoms with van der Waals surface area (Å²) in [5, 5.41) is 2.44. The fourth-order valence-electron chi connectivity index (χ4n) is 12.1. The third kappa shape index (κ3) is 13.0. The largest absolute Gasteiger partial charge is 0.530 e. The Balaban J connectivity index is 1.02. The fraction of sp³-hybridized carbons (Fsp3) is 0.216. The van der Waals surface area contributed by atoms with Crippen LogP contribution in [-0.2, 0) is 18.9 Å². The first kappa shape index (κ1) is 58.8. The van der Waals surface area contributed by atoms with Gasteiger partial charge in [0.1, 0.15) is 45.6 Å². The number of ether oxygens (including phenoxy) is 6. The van der Waals surface area contributed by atoms with Crippen LogP contribution in [0.5, 0.6) is 46.0 Å². The summed E-state index contributed by atoms with van der Waals surface area (Å²) in [6.45, 7) is 2.39. The van der Waals surface area contributed by atoms with Crippen LogP contribution >= 0.6 is 17.2 Å². The van der Waals surface area contributed by atoms with Crippen molar-refractivity contribution in [3.8, 4) is 57.1 Å². The average molecular weight is 1240 g/mol. The average Bonchev–Trinajstić information content (AvgIpc) is 0.813. The predicted octanol–water partition coefficient (Wildman–Crippen LogP) is 19.0. The lowest BCUT2D eigenvalue weighted by Gasteiger charge is -2.27. The smallest absolute Gasteiger partial charge is 0.423 e. The van der Waals surface area contributed by atoms with E-state index in [-0.39, 0.29) is 47.0 Å². The summed E-state index contributed by atoms with van der Waals surface area (Å²) in [5.41, 5.74) is 3.90. The Labute approximate surface area is 524 Å². The van der Waals surface area contributed by atoms with E-state index in [4.69, 9.17) is 55.6 Å². The predicted molar refractivity (Wildman–Crippen MR) is 345 cm³/mol. The third-order valence-electron chi connectivity index (χ3n) is 16.4. The summed E-state index contributed by atoms with van der Waals surface area (Å²) in [7, 11) is -5.28. The molecule has 4 aliphatic heterocycles. The van der Waals surface area contributed by atoms with E-state index in [0.717, 1.165) is 73.6 Å². The van der Waals surface area contributed by atoms with Gasteiger partial charge < -0.3 is 55.6 Å². The number of carbonyl (C=O) groups excluding carboxylic acids is 2. The summed E-state index contributed by atoms with van der Waals surface area (Å²) in [5.74, 6) is 0.921. The molecule has 4 aliphatic rings. The van der Waals surface area contributed by atoms with Gasteiger partial charge in [0, 0.05) is 59.8 Å². The van der Waals surface area contributed by atoms with Gasteiger partial charge in [-0.25, -0.2) is 9.59 Å². The molecule has 4 saturated heterocycles. The highest BCUT2D eigenvalue weighted by atomic mass is 31.2. The Morgan fingerprint density at radius 1 is 0.333 bits per heavy atom. The highest BCUT2D eigenvalue weighted by Crippen LogP contribution is 2.58. The van der Waals surface area contributed by atoms with Crippen molar-refractivity contribution in [1.82, 2.24) is 0 Å². The Morgan fingerprint density at radius 3 is 0.933 bits per heavy atom. The first-order valence-electron chi connectivity index (χ1n) is 30.6. The minimum Gasteiger partial charge on any atom is -0.423 e. The minimum absolute atomic E-state index is 0.00474. The van der Waals surface area contributed by atoms with Crippen LogP contribution in [0.2, 0.25) is 0 Å². The molecule has 4 atom stereocenters. The van der Waals surface area contributed by atoms with Gasteiger partial charge in [-0.3, -0.25) is 0 Å². The molecule has 14 rings (SSSR count). The number of hydrogen-bond donors (Lipinski definition) is 0. The lowest BCUT2D eigenvalue weighted by Crippen LogP contribution is -2.15. The number of fused-ring (bicyclic) bond motifs is 2. The molecule has 10 aromatic rings. The highest BCUT2D eigenvalue weighted by Gasteiger charge is 2.38. The zero-order chi connectivity index (χ0) is 60.6. The number of benzene rings is 10. The summed E-state index contributed by atoms with van der Waals surface area (Å²) < 4.78 is 81.7. The lowest BCUT2D eigenvalue weighted by atomic mass is 9.88. The van der Waals surface area contributed by atoms with Gasteiger partial charge in [-0.1, -0.05) is 158 Å². The van der Waals surface area contributed by atoms with E-state index in [1.165, 1.54) is 0 Å². The molecule has 4 unspecified atom stereocenters. The molecule has 0 saturated carbocycles. The first-order valence-corrected chi connectivity index (χ1v) is 32.8. The summed E-state index contributed by atoms with van der Waals surface area (Å²) in [6, 6.07) is 67.3. The summed E-state index contributed by atoms with van der Waals surface area (Å²) in [6.07, 6.45) is 5.58. The van der Waals surface area contributed by atoms with E-state index in [9.17, 15) is 0 Å². The van der Waals surface area contributed by atoms with Gasteiger partial charge in [-0.15, -0.1) is 0 Å². The van der Waals surface area contributed by atoms with Crippen molar-refractivity contribution in [2.45, 2.75) is 75.8 Å². The Morgan fingerprint density at radius 2 is 0.622 bits per heavy atom. The molecular weight excluding hydrogens is 1170 g/mol. The highest BCUT2D eigenvalue weighted by molar-refractivity contribution is 7.43. The maximum Gasteiger partial charge on any atom is 0.530 e. The molecular formula is C74H64O14P2. The van der Waals surface area contributed by atoms with Crippen molar-refractivity contribution in [2.24, 2.45) is 0 Å². The van der Waals surface area contributed by atoms with Gasteiger partial charge >= 0.3 is 29.1 Å². The van der Waals surface area contributed by atoms with Crippen LogP contribution in [0.25, 0.3) is 32.7 Å². The van der Waals surface area contributed by atoms with E-state index in [0.29, 0.717) is 93.6 Å². The van der Waals surface area contributed by atoms with Gasteiger partial charge in [-0.05, 0) is 134 Å². The molecule has 0 aliphatic carbocycles. The third-order valence-corrected chi connectivity index (χ3v) is 18.5. The van der Waals surface area contributed by atoms with Gasteiger partial charge in [-0.2, -0.15) is 0 Å². The van der Waals surface area contributed by atoms with E-state index in [1.807, 2.05) is 158 Å². The second-order valence-corrected chi connectivity index (χ2v) is 24.2. The van der Waals surface area contributed by atoms with Crippen molar-refractivity contribution >= 4 is 50.7 Å². The zero-order valence-electron chi connectivity index (χ0n) is 49.2. The molecule has 0 amide bonds. The zero-order valence-corrected chi connectivity index (χ0v) is 51.0. The van der Waals surface area contributed by atoms with Crippen LogP contribution in [0.4, 0.5) is 0 Å². The van der Waals surface area contributed by atoms with E-state index in [2.05, 4.69) is 0 Å². The van der Waals surface area contributed by atoms with Gasteiger partial charge in [0.05, 0.1) is 24.4 Å². The molecule has 4 heterocycles. The first-order chi connectivity index (χ1) is 44.5. The molecule has 0 radical (unpaired) electrons. The normalized spacial score (nSPS) is 18.6. The van der Waals surface area contributed by atoms with Crippen molar-refractivity contribution in [3.05, 3.63) is 252 Å². The molecule has 4 fully saturated rings. The Bertz CT molecular complexity index is 3770. The topological polar surface area (TPSA) is 145 Å². The molecule has 0 spiro atoms. The molecule has 0 bridgehead atoms. The Hall–Kier alpha value is -8.84. The maximum absolute atomic E-state index is 15.6. The lowest BCUT2D eigenvalue weighted by molar-refractivity contribution is 0.0722. The number of carbonyl (C=O) groups is 2. The molecule has 14 nitrogen and oxygen atoms in total. The SMILES string of the molecule is O=C(Oc1ccccc1)c1cc2ccccc2c(-c2c(OP(Oc3ccccc3C3CCCO3)Oc3ccccc3C3CCCO3)c(C(=O)Oc3ccccc3)cc3ccccc23)c1OP(Oc1ccccc1C1CCCO1)Oc1ccccc1C1CCCO1. The van der Waals surface area contributed by atoms with E-state index < -0.39 is 29.1 Å². The molecule has 0 aromatic heterocycles. The van der Waals surface area contributed by atoms with Crippen LogP contribution in [-0.4, -0.2) is 38.4 Å². The van der Waals surface area contributed by atoms with Crippen molar-refractivity contribution < 1.29 is 65.2 Å². The van der Waals surface area contributed by atoms with Gasteiger partial charge in [0.15, 0.2) is 11.5 Å². The molecule has 10 aromatic carbocycles. The molecule has 454 valence electrons. The summed E-state index contributed by atoms with van der Waals surface area (Å²) in [4.78, 5) is 31.3. The van der Waals surface area contributed by atoms with Gasteiger partial charge in [0.2, 0.25) is 0 Å². The summed E-state index contributed by atoms with van der Waals surface area (Å²) >= 11 is 0. The molecule has 90 heavy (non-hydrogen) atoms. The van der Waals surface area contributed by atoms with E-state index in [1.54, 1.807) is 60.7 Å². The van der Waals surface area contributed by atoms with Crippen molar-refractivity contribution in [2.75, 3.05) is 26.4 Å². The van der Waals surface area contributed by atoms with Crippen molar-refractivity contribution in [3.63, 3.8) is 0 Å². The molecule has 0 N–H and O–H groups in total. The maximum atomic E-state index is 15.6. The van der Waals surface area contributed by atoms with Crippen LogP contribution in [0.3, 0.4) is 0 Å². The Kier molecular flexibility index (Phi) is 18.0. The number of rotatable bonds is 21. The second-order valence-electron chi connectivity index (χ2n) is 22.3. The van der Waals surface area contributed by atoms with Crippen molar-refractivity contribution in [1.29, 1.82) is 0 Å². The number of para-hydroxylation sites is 6. The van der Waals surface area contributed by atoms with E-state index >= 15 is 9.59 Å². The fourth-order valence-corrected chi connectivity index (χ4v) is 14.3. The van der Waals surface area contributed by atoms with Crippen LogP contribution in [0, 0.1) is 0 Å². The van der Waals surface area contributed by atoms with Crippen LogP contribution in [0.1, 0.15) is 119 Å². The minimum atomic E-state index is -2.64. The quantitative estimate of drug-likeness (QED) is 0.0382. The monoisotopic (exact) mass is 1240 g/mol. The molecule has 16 heteroatoms. The van der Waals surface area contributed by atoms with Crippen LogP contribution in [0.15, 0.2) is 218 Å². The number of hydrogen-bond acceptors (Lipinski definition) is 14.